The van der Waals surface area contributed by atoms with Gasteiger partial charge >= 0.3 is 6.03 Å². The number of ketones is 1. The fourth-order valence-corrected chi connectivity index (χ4v) is 2.15. The van der Waals surface area contributed by atoms with E-state index in [0.717, 1.165) is 4.57 Å². The van der Waals surface area contributed by atoms with Crippen molar-refractivity contribution in [3.05, 3.63) is 30.1 Å². The van der Waals surface area contributed by atoms with E-state index in [1.54, 1.807) is 24.3 Å². The summed E-state index contributed by atoms with van der Waals surface area (Å²) in [5, 5.41) is 0. The molecule has 0 spiro atoms. The Morgan fingerprint density at radius 2 is 1.86 bits per heavy atom. The normalized spacial score (nSPS) is 10.5. The highest BCUT2D eigenvalue weighted by molar-refractivity contribution is 6.01. The van der Waals surface area contributed by atoms with E-state index in [-0.39, 0.29) is 24.0 Å². The molecule has 22 heavy (non-hydrogen) atoms. The highest BCUT2D eigenvalue weighted by atomic mass is 16.2. The van der Waals surface area contributed by atoms with Gasteiger partial charge in [-0.1, -0.05) is 12.1 Å². The Labute approximate surface area is 127 Å². The number of nitrogens with two attached hydrogens (primary N) is 3. The van der Waals surface area contributed by atoms with Gasteiger partial charge in [-0.25, -0.2) is 14.3 Å². The van der Waals surface area contributed by atoms with Gasteiger partial charge in [-0.15, -0.1) is 0 Å². The first-order valence-electron chi connectivity index (χ1n) is 6.86. The Balaban J connectivity index is 2.12. The Kier molecular flexibility index (Phi) is 4.72. The molecular formula is C14H18N6O2. The number of carbonyl (C=O) groups is 2. The van der Waals surface area contributed by atoms with Crippen molar-refractivity contribution in [2.75, 3.05) is 6.54 Å². The van der Waals surface area contributed by atoms with Crippen LogP contribution in [-0.2, 0) is 0 Å². The summed E-state index contributed by atoms with van der Waals surface area (Å²) in [7, 11) is 0. The van der Waals surface area contributed by atoms with Crippen LogP contribution in [0.4, 0.5) is 4.79 Å². The number of hydrogen-bond donors (Lipinski definition) is 3. The first-order chi connectivity index (χ1) is 10.5. The number of Topliss-reactive ketones (excluding diaryl/α,β-unsaturated/α-hetero) is 1. The SMILES string of the molecule is NC(=O)n1c(C(=O)CCCCN=C(N)N)nc2ccccc21. The van der Waals surface area contributed by atoms with Crippen LogP contribution < -0.4 is 17.2 Å². The topological polar surface area (TPSA) is 142 Å². The molecule has 8 nitrogen and oxygen atoms in total. The Hall–Kier alpha value is -2.90. The van der Waals surface area contributed by atoms with Crippen LogP contribution in [0, 0.1) is 0 Å². The van der Waals surface area contributed by atoms with Gasteiger partial charge in [0.25, 0.3) is 0 Å². The molecule has 0 saturated heterocycles. The van der Waals surface area contributed by atoms with E-state index < -0.39 is 6.03 Å². The largest absolute Gasteiger partial charge is 0.370 e. The quantitative estimate of drug-likeness (QED) is 0.310. The number of guanidine groups is 1. The summed E-state index contributed by atoms with van der Waals surface area (Å²) in [6.07, 6.45) is 1.51. The van der Waals surface area contributed by atoms with Crippen molar-refractivity contribution in [3.8, 4) is 0 Å². The molecular weight excluding hydrogens is 284 g/mol. The van der Waals surface area contributed by atoms with Gasteiger partial charge in [-0.2, -0.15) is 0 Å². The molecule has 1 amide bonds. The molecule has 2 aromatic rings. The Morgan fingerprint density at radius 3 is 2.55 bits per heavy atom. The fourth-order valence-electron chi connectivity index (χ4n) is 2.15. The predicted octanol–water partition coefficient (Wildman–Crippen LogP) is 0.590. The van der Waals surface area contributed by atoms with Gasteiger partial charge in [0.1, 0.15) is 0 Å². The van der Waals surface area contributed by atoms with Crippen LogP contribution in [0.1, 0.15) is 29.9 Å². The Bertz CT molecular complexity index is 730. The van der Waals surface area contributed by atoms with Crippen LogP contribution in [0.2, 0.25) is 0 Å². The van der Waals surface area contributed by atoms with Crippen LogP contribution in [0.15, 0.2) is 29.3 Å². The highest BCUT2D eigenvalue weighted by Crippen LogP contribution is 2.17. The first kappa shape index (κ1) is 15.5. The van der Waals surface area contributed by atoms with Crippen molar-refractivity contribution in [1.29, 1.82) is 0 Å². The van der Waals surface area contributed by atoms with Gasteiger partial charge in [-0.05, 0) is 25.0 Å². The van der Waals surface area contributed by atoms with Crippen molar-refractivity contribution < 1.29 is 9.59 Å². The maximum atomic E-state index is 12.3. The third kappa shape index (κ3) is 3.40. The average Bonchev–Trinajstić information content (AvgIpc) is 2.85. The standard InChI is InChI=1S/C14H18N6O2/c15-13(16)18-8-4-3-7-11(21)12-19-9-5-1-2-6-10(9)20(12)14(17)22/h1-2,5-6H,3-4,7-8H2,(H2,17,22)(H4,15,16,18). The molecule has 0 unspecified atom stereocenters. The fraction of sp³-hybridized carbons (Fsp3) is 0.286. The number of unbranched alkanes of at least 4 members (excludes halogenated alkanes) is 1. The van der Waals surface area contributed by atoms with Crippen molar-refractivity contribution in [1.82, 2.24) is 9.55 Å². The lowest BCUT2D eigenvalue weighted by molar-refractivity contribution is 0.0967. The van der Waals surface area contributed by atoms with E-state index in [1.165, 1.54) is 0 Å². The van der Waals surface area contributed by atoms with Gasteiger partial charge in [0, 0.05) is 13.0 Å². The number of carbonyl (C=O) groups excluding carboxylic acids is 2. The molecule has 0 aliphatic heterocycles. The van der Waals surface area contributed by atoms with E-state index in [0.29, 0.717) is 30.4 Å². The smallest absolute Gasteiger partial charge is 0.325 e. The second kappa shape index (κ2) is 6.70. The van der Waals surface area contributed by atoms with E-state index in [4.69, 9.17) is 17.2 Å². The minimum absolute atomic E-state index is 0.0295. The lowest BCUT2D eigenvalue weighted by atomic mass is 10.1. The lowest BCUT2D eigenvalue weighted by Crippen LogP contribution is -2.24. The Morgan fingerprint density at radius 1 is 1.14 bits per heavy atom. The van der Waals surface area contributed by atoms with Gasteiger partial charge in [0.15, 0.2) is 17.6 Å². The average molecular weight is 302 g/mol. The maximum absolute atomic E-state index is 12.3. The summed E-state index contributed by atoms with van der Waals surface area (Å²) in [6, 6.07) is 6.24. The van der Waals surface area contributed by atoms with Crippen molar-refractivity contribution >= 4 is 28.8 Å². The van der Waals surface area contributed by atoms with Gasteiger partial charge in [-0.3, -0.25) is 9.79 Å². The number of fused-ring (bicyclic) bond motifs is 1. The van der Waals surface area contributed by atoms with Gasteiger partial charge in [0.2, 0.25) is 0 Å². The number of rotatable bonds is 6. The molecule has 0 fully saturated rings. The number of primary amides is 1. The highest BCUT2D eigenvalue weighted by Gasteiger charge is 2.19. The molecule has 116 valence electrons. The summed E-state index contributed by atoms with van der Waals surface area (Å²) < 4.78 is 1.15. The van der Waals surface area contributed by atoms with Crippen LogP contribution in [-0.4, -0.2) is 33.9 Å². The molecule has 0 saturated carbocycles. The molecule has 1 aromatic carbocycles. The van der Waals surface area contributed by atoms with Crippen LogP contribution in [0.5, 0.6) is 0 Å². The number of imidazole rings is 1. The second-order valence-electron chi connectivity index (χ2n) is 4.78. The predicted molar refractivity (Wildman–Crippen MR) is 83.6 cm³/mol. The summed E-state index contributed by atoms with van der Waals surface area (Å²) in [4.78, 5) is 31.9. The van der Waals surface area contributed by atoms with Crippen LogP contribution >= 0.6 is 0 Å². The molecule has 0 atom stereocenters. The second-order valence-corrected chi connectivity index (χ2v) is 4.78. The van der Waals surface area contributed by atoms with E-state index in [1.807, 2.05) is 0 Å². The van der Waals surface area contributed by atoms with E-state index >= 15 is 0 Å². The van der Waals surface area contributed by atoms with Crippen LogP contribution in [0.25, 0.3) is 11.0 Å². The maximum Gasteiger partial charge on any atom is 0.325 e. The molecule has 1 heterocycles. The molecule has 6 N–H and O–H groups in total. The number of amides is 1. The monoisotopic (exact) mass is 302 g/mol. The summed E-state index contributed by atoms with van der Waals surface area (Å²) in [5.41, 5.74) is 16.9. The third-order valence-electron chi connectivity index (χ3n) is 3.14. The zero-order chi connectivity index (χ0) is 16.1. The molecule has 0 radical (unpaired) electrons. The molecule has 1 aromatic heterocycles. The summed E-state index contributed by atoms with van der Waals surface area (Å²) in [6.45, 7) is 0.460. The first-order valence-corrected chi connectivity index (χ1v) is 6.86. The minimum atomic E-state index is -0.724. The molecule has 8 heteroatoms. The zero-order valence-electron chi connectivity index (χ0n) is 12.0. The van der Waals surface area contributed by atoms with Crippen molar-refractivity contribution in [2.45, 2.75) is 19.3 Å². The number of aromatic nitrogens is 2. The third-order valence-corrected chi connectivity index (χ3v) is 3.14. The molecule has 0 aliphatic rings. The van der Waals surface area contributed by atoms with Gasteiger partial charge in [0.05, 0.1) is 11.0 Å². The van der Waals surface area contributed by atoms with E-state index in [9.17, 15) is 9.59 Å². The molecule has 0 aliphatic carbocycles. The van der Waals surface area contributed by atoms with Crippen molar-refractivity contribution in [3.63, 3.8) is 0 Å². The number of benzene rings is 1. The molecule has 0 bridgehead atoms. The van der Waals surface area contributed by atoms with Gasteiger partial charge < -0.3 is 17.2 Å². The minimum Gasteiger partial charge on any atom is -0.370 e. The molecule has 2 rings (SSSR count). The summed E-state index contributed by atoms with van der Waals surface area (Å²) >= 11 is 0. The lowest BCUT2D eigenvalue weighted by Gasteiger charge is -2.03. The van der Waals surface area contributed by atoms with Crippen LogP contribution in [0.3, 0.4) is 0 Å². The van der Waals surface area contributed by atoms with Crippen molar-refractivity contribution in [2.24, 2.45) is 22.2 Å². The van der Waals surface area contributed by atoms with E-state index in [2.05, 4.69) is 9.98 Å². The number of nitrogens with zero attached hydrogens (tertiary/aromatic N) is 3. The zero-order valence-corrected chi connectivity index (χ0v) is 12.0. The number of para-hydroxylation sites is 2. The number of aliphatic imine (C=N–C) groups is 1. The number of hydrogen-bond acceptors (Lipinski definition) is 4. The summed E-state index contributed by atoms with van der Waals surface area (Å²) in [5.74, 6) is -0.142.